The molecule has 4 N–H and O–H groups in total. The maximum absolute atomic E-state index is 13.9. The highest BCUT2D eigenvalue weighted by Gasteiger charge is 2.42. The number of benzene rings is 1. The van der Waals surface area contributed by atoms with E-state index in [1.165, 1.54) is 6.07 Å². The second-order valence-electron chi connectivity index (χ2n) is 6.80. The van der Waals surface area contributed by atoms with Crippen LogP contribution in [0.5, 0.6) is 0 Å². The lowest BCUT2D eigenvalue weighted by Crippen LogP contribution is -2.63. The van der Waals surface area contributed by atoms with E-state index in [2.05, 4.69) is 0 Å². The lowest BCUT2D eigenvalue weighted by Gasteiger charge is -2.44. The van der Waals surface area contributed by atoms with Crippen LogP contribution in [0.4, 0.5) is 10.1 Å². The first-order valence-corrected chi connectivity index (χ1v) is 8.40. The Morgan fingerprint density at radius 3 is 2.54 bits per heavy atom. The third-order valence-corrected chi connectivity index (χ3v) is 5.19. The Labute approximate surface area is 140 Å². The largest absolute Gasteiger partial charge is 0.395 e. The van der Waals surface area contributed by atoms with Gasteiger partial charge in [0.05, 0.1) is 24.4 Å². The predicted molar refractivity (Wildman–Crippen MR) is 87.2 cm³/mol. The molecule has 0 radical (unpaired) electrons. The third-order valence-electron chi connectivity index (χ3n) is 5.19. The molecule has 0 aromatic heterocycles. The van der Waals surface area contributed by atoms with Gasteiger partial charge in [-0.1, -0.05) is 12.1 Å². The van der Waals surface area contributed by atoms with Crippen molar-refractivity contribution in [2.24, 2.45) is 5.92 Å². The van der Waals surface area contributed by atoms with E-state index < -0.39 is 24.4 Å². The van der Waals surface area contributed by atoms with Crippen LogP contribution in [0.2, 0.25) is 0 Å². The van der Waals surface area contributed by atoms with E-state index in [1.807, 2.05) is 15.9 Å². The first-order valence-electron chi connectivity index (χ1n) is 8.40. The number of aliphatic hydroxyl groups is 4. The lowest BCUT2D eigenvalue weighted by atomic mass is 9.93. The Hall–Kier alpha value is -1.25. The SMILES string of the molecule is OC[C@@H]1[C@@H](O)[C@H](O)[C@@H](O)CN1C[C@H]1CCN(c2ccccc2F)C1. The average Bonchev–Trinajstić information content (AvgIpc) is 3.02. The molecule has 0 saturated carbocycles. The molecule has 0 aliphatic carbocycles. The molecule has 0 unspecified atom stereocenters. The summed E-state index contributed by atoms with van der Waals surface area (Å²) in [6.45, 7) is 1.94. The maximum atomic E-state index is 13.9. The summed E-state index contributed by atoms with van der Waals surface area (Å²) < 4.78 is 13.9. The van der Waals surface area contributed by atoms with Crippen LogP contribution in [0.25, 0.3) is 0 Å². The highest BCUT2D eigenvalue weighted by Crippen LogP contribution is 2.28. The minimum atomic E-state index is -1.24. The molecule has 6 nitrogen and oxygen atoms in total. The number of halogens is 1. The number of para-hydroxylation sites is 1. The number of likely N-dealkylation sites (tertiary alicyclic amines) is 1. The molecule has 3 rings (SSSR count). The number of nitrogens with zero attached hydrogens (tertiary/aromatic N) is 2. The minimum absolute atomic E-state index is 0.208. The molecular formula is C17H25FN2O4. The van der Waals surface area contributed by atoms with E-state index in [0.717, 1.165) is 13.0 Å². The van der Waals surface area contributed by atoms with Crippen molar-refractivity contribution in [2.45, 2.75) is 30.8 Å². The van der Waals surface area contributed by atoms with Gasteiger partial charge in [-0.3, -0.25) is 4.90 Å². The number of hydrogen-bond donors (Lipinski definition) is 4. The summed E-state index contributed by atoms with van der Waals surface area (Å²) in [5, 5.41) is 39.2. The van der Waals surface area contributed by atoms with Gasteiger partial charge in [0, 0.05) is 26.2 Å². The van der Waals surface area contributed by atoms with E-state index in [0.29, 0.717) is 18.8 Å². The molecule has 0 amide bonds. The third kappa shape index (κ3) is 3.41. The summed E-state index contributed by atoms with van der Waals surface area (Å²) in [7, 11) is 0. The molecule has 2 aliphatic rings. The summed E-state index contributed by atoms with van der Waals surface area (Å²) in [5.74, 6) is 0.00613. The standard InChI is InChI=1S/C17H25FN2O4/c18-12-3-1-2-4-13(12)19-6-5-11(7-19)8-20-9-15(22)17(24)16(23)14(20)10-21/h1-4,11,14-17,21-24H,5-10H2/t11-,14+,15-,16+,17+/m0/s1. The highest BCUT2D eigenvalue weighted by molar-refractivity contribution is 5.48. The molecule has 1 aromatic rings. The number of rotatable bonds is 4. The van der Waals surface area contributed by atoms with Crippen molar-refractivity contribution in [1.29, 1.82) is 0 Å². The van der Waals surface area contributed by atoms with E-state index >= 15 is 0 Å². The Morgan fingerprint density at radius 1 is 1.08 bits per heavy atom. The van der Waals surface area contributed by atoms with Crippen LogP contribution in [0.15, 0.2) is 24.3 Å². The van der Waals surface area contributed by atoms with Crippen LogP contribution >= 0.6 is 0 Å². The quantitative estimate of drug-likeness (QED) is 0.586. The van der Waals surface area contributed by atoms with Crippen molar-refractivity contribution < 1.29 is 24.8 Å². The summed E-state index contributed by atoms with van der Waals surface area (Å²) in [6, 6.07) is 6.10. The van der Waals surface area contributed by atoms with Crippen LogP contribution in [0.1, 0.15) is 6.42 Å². The van der Waals surface area contributed by atoms with Crippen LogP contribution in [-0.2, 0) is 0 Å². The minimum Gasteiger partial charge on any atom is -0.395 e. The van der Waals surface area contributed by atoms with Gasteiger partial charge in [-0.05, 0) is 24.5 Å². The van der Waals surface area contributed by atoms with Crippen molar-refractivity contribution in [3.63, 3.8) is 0 Å². The average molecular weight is 340 g/mol. The van der Waals surface area contributed by atoms with Gasteiger partial charge >= 0.3 is 0 Å². The Bertz CT molecular complexity index is 561. The molecule has 5 atom stereocenters. The van der Waals surface area contributed by atoms with E-state index in [-0.39, 0.29) is 24.9 Å². The Morgan fingerprint density at radius 2 is 1.83 bits per heavy atom. The zero-order chi connectivity index (χ0) is 17.3. The van der Waals surface area contributed by atoms with Gasteiger partial charge in [0.25, 0.3) is 0 Å². The van der Waals surface area contributed by atoms with Gasteiger partial charge < -0.3 is 25.3 Å². The first kappa shape index (κ1) is 17.6. The second-order valence-corrected chi connectivity index (χ2v) is 6.80. The monoisotopic (exact) mass is 340 g/mol. The molecule has 2 aliphatic heterocycles. The molecule has 0 bridgehead atoms. The lowest BCUT2D eigenvalue weighted by molar-refractivity contribution is -0.146. The zero-order valence-corrected chi connectivity index (χ0v) is 13.5. The summed E-state index contributed by atoms with van der Waals surface area (Å²) in [6.07, 6.45) is -2.58. The van der Waals surface area contributed by atoms with Crippen molar-refractivity contribution in [2.75, 3.05) is 37.7 Å². The van der Waals surface area contributed by atoms with Gasteiger partial charge in [0.15, 0.2) is 0 Å². The Balaban J connectivity index is 1.63. The van der Waals surface area contributed by atoms with Gasteiger partial charge in [0.1, 0.15) is 18.0 Å². The van der Waals surface area contributed by atoms with Crippen LogP contribution in [0.3, 0.4) is 0 Å². The van der Waals surface area contributed by atoms with E-state index in [9.17, 15) is 24.8 Å². The second kappa shape index (κ2) is 7.33. The van der Waals surface area contributed by atoms with Gasteiger partial charge in [-0.15, -0.1) is 0 Å². The molecule has 7 heteroatoms. The smallest absolute Gasteiger partial charge is 0.146 e. The summed E-state index contributed by atoms with van der Waals surface area (Å²) >= 11 is 0. The fourth-order valence-corrected chi connectivity index (χ4v) is 3.83. The molecular weight excluding hydrogens is 315 g/mol. The van der Waals surface area contributed by atoms with Crippen molar-refractivity contribution in [3.05, 3.63) is 30.1 Å². The van der Waals surface area contributed by atoms with Crippen LogP contribution < -0.4 is 4.90 Å². The zero-order valence-electron chi connectivity index (χ0n) is 13.5. The fraction of sp³-hybridized carbons (Fsp3) is 0.647. The number of β-amino-alcohol motifs (C(OH)–C–C–N with tert-alkyl or cyclic N) is 1. The number of piperidine rings is 1. The van der Waals surface area contributed by atoms with E-state index in [1.54, 1.807) is 12.1 Å². The molecule has 24 heavy (non-hydrogen) atoms. The van der Waals surface area contributed by atoms with Gasteiger partial charge in [0.2, 0.25) is 0 Å². The van der Waals surface area contributed by atoms with Crippen molar-refractivity contribution in [1.82, 2.24) is 4.90 Å². The number of anilines is 1. The van der Waals surface area contributed by atoms with E-state index in [4.69, 9.17) is 0 Å². The van der Waals surface area contributed by atoms with Crippen molar-refractivity contribution in [3.8, 4) is 0 Å². The summed E-state index contributed by atoms with van der Waals surface area (Å²) in [5.41, 5.74) is 0.591. The first-order chi connectivity index (χ1) is 11.5. The summed E-state index contributed by atoms with van der Waals surface area (Å²) in [4.78, 5) is 3.83. The molecule has 2 saturated heterocycles. The normalized spacial score (nSPS) is 34.7. The predicted octanol–water partition coefficient (Wildman–Crippen LogP) is -0.589. The van der Waals surface area contributed by atoms with Crippen LogP contribution in [-0.4, -0.2) is 82.5 Å². The molecule has 2 fully saturated rings. The maximum Gasteiger partial charge on any atom is 0.146 e. The van der Waals surface area contributed by atoms with Crippen molar-refractivity contribution >= 4 is 5.69 Å². The van der Waals surface area contributed by atoms with Gasteiger partial charge in [-0.2, -0.15) is 0 Å². The molecule has 0 spiro atoms. The molecule has 134 valence electrons. The topological polar surface area (TPSA) is 87.4 Å². The fourth-order valence-electron chi connectivity index (χ4n) is 3.83. The highest BCUT2D eigenvalue weighted by atomic mass is 19.1. The van der Waals surface area contributed by atoms with Gasteiger partial charge in [-0.25, -0.2) is 4.39 Å². The molecule has 1 aromatic carbocycles. The Kier molecular flexibility index (Phi) is 5.36. The molecule has 2 heterocycles. The number of aliphatic hydroxyl groups excluding tert-OH is 4. The number of hydrogen-bond acceptors (Lipinski definition) is 6. The van der Waals surface area contributed by atoms with Crippen LogP contribution in [0, 0.1) is 11.7 Å².